The van der Waals surface area contributed by atoms with Gasteiger partial charge in [-0.1, -0.05) is 17.7 Å². The number of benzene rings is 2. The third kappa shape index (κ3) is 5.23. The number of anilines is 3. The fourth-order valence-electron chi connectivity index (χ4n) is 2.59. The Hall–Kier alpha value is -2.53. The molecule has 0 aliphatic heterocycles. The number of amides is 2. The van der Waals surface area contributed by atoms with Gasteiger partial charge in [0.15, 0.2) is 0 Å². The highest BCUT2D eigenvalue weighted by molar-refractivity contribution is 6.31. The van der Waals surface area contributed by atoms with Crippen LogP contribution in [-0.2, 0) is 9.59 Å². The highest BCUT2D eigenvalue weighted by Crippen LogP contribution is 2.24. The van der Waals surface area contributed by atoms with Crippen LogP contribution in [-0.4, -0.2) is 24.9 Å². The minimum atomic E-state index is -1.25. The topological polar surface area (TPSA) is 61.4 Å². The molecule has 2 N–H and O–H groups in total. The number of hydrogen-bond donors (Lipinski definition) is 2. The summed E-state index contributed by atoms with van der Waals surface area (Å²) in [4.78, 5) is 27.4. The number of rotatable bonds is 7. The highest BCUT2D eigenvalue weighted by atomic mass is 35.5. The molecule has 0 aliphatic carbocycles. The van der Waals surface area contributed by atoms with Gasteiger partial charge in [0.2, 0.25) is 11.8 Å². The Balaban J connectivity index is 2.05. The van der Waals surface area contributed by atoms with Gasteiger partial charge in [-0.25, -0.2) is 0 Å². The van der Waals surface area contributed by atoms with Gasteiger partial charge in [-0.3, -0.25) is 9.59 Å². The van der Waals surface area contributed by atoms with Crippen molar-refractivity contribution in [3.63, 3.8) is 0 Å². The Morgan fingerprint density at radius 2 is 1.48 bits per heavy atom. The van der Waals surface area contributed by atoms with Gasteiger partial charge >= 0.3 is 0 Å². The largest absolute Gasteiger partial charge is 0.372 e. The monoisotopic (exact) mass is 387 g/mol. The van der Waals surface area contributed by atoms with Crippen LogP contribution in [0.25, 0.3) is 0 Å². The number of nitrogens with zero attached hydrogens (tertiary/aromatic N) is 1. The van der Waals surface area contributed by atoms with Gasteiger partial charge in [0, 0.05) is 35.2 Å². The van der Waals surface area contributed by atoms with Crippen molar-refractivity contribution < 1.29 is 9.59 Å². The maximum atomic E-state index is 12.7. The lowest BCUT2D eigenvalue weighted by atomic mass is 9.90. The van der Waals surface area contributed by atoms with E-state index in [1.807, 2.05) is 24.3 Å². The molecule has 2 aromatic carbocycles. The molecular formula is C21H26ClN3O2. The Morgan fingerprint density at radius 3 is 2.00 bits per heavy atom. The van der Waals surface area contributed by atoms with Crippen molar-refractivity contribution in [2.24, 2.45) is 5.41 Å². The van der Waals surface area contributed by atoms with Crippen LogP contribution in [0.3, 0.4) is 0 Å². The summed E-state index contributed by atoms with van der Waals surface area (Å²) in [6, 6.07) is 14.4. The molecular weight excluding hydrogens is 362 g/mol. The predicted molar refractivity (Wildman–Crippen MR) is 112 cm³/mol. The van der Waals surface area contributed by atoms with E-state index in [1.165, 1.54) is 0 Å². The Morgan fingerprint density at radius 1 is 0.926 bits per heavy atom. The van der Waals surface area contributed by atoms with Gasteiger partial charge in [-0.05, 0) is 70.2 Å². The van der Waals surface area contributed by atoms with Crippen LogP contribution < -0.4 is 15.5 Å². The number of nitrogens with one attached hydrogen (secondary N) is 2. The van der Waals surface area contributed by atoms with Crippen molar-refractivity contribution in [2.75, 3.05) is 28.6 Å². The average molecular weight is 388 g/mol. The predicted octanol–water partition coefficient (Wildman–Crippen LogP) is 4.79. The summed E-state index contributed by atoms with van der Waals surface area (Å²) in [6.07, 6.45) is 0. The summed E-state index contributed by atoms with van der Waals surface area (Å²) < 4.78 is 0. The summed E-state index contributed by atoms with van der Waals surface area (Å²) in [5.41, 5.74) is 1.05. The van der Waals surface area contributed by atoms with Gasteiger partial charge in [-0.15, -0.1) is 0 Å². The highest BCUT2D eigenvalue weighted by Gasteiger charge is 2.36. The second-order valence-corrected chi connectivity index (χ2v) is 7.20. The molecule has 144 valence electrons. The third-order valence-electron chi connectivity index (χ3n) is 4.47. The first kappa shape index (κ1) is 20.8. The van der Waals surface area contributed by atoms with Gasteiger partial charge in [0.25, 0.3) is 0 Å². The van der Waals surface area contributed by atoms with Crippen molar-refractivity contribution >= 4 is 40.5 Å². The molecule has 0 spiro atoms. The molecule has 0 heterocycles. The van der Waals surface area contributed by atoms with Crippen molar-refractivity contribution in [3.05, 3.63) is 53.6 Å². The average Bonchev–Trinajstić information content (AvgIpc) is 2.64. The van der Waals surface area contributed by atoms with Crippen molar-refractivity contribution in [1.29, 1.82) is 0 Å². The van der Waals surface area contributed by atoms with E-state index in [-0.39, 0.29) is 5.91 Å². The van der Waals surface area contributed by atoms with E-state index in [0.29, 0.717) is 16.4 Å². The molecule has 0 aliphatic rings. The molecule has 0 fully saturated rings. The second-order valence-electron chi connectivity index (χ2n) is 6.76. The summed E-state index contributed by atoms with van der Waals surface area (Å²) in [6.45, 7) is 9.21. The second kappa shape index (κ2) is 8.91. The van der Waals surface area contributed by atoms with Crippen LogP contribution in [0.2, 0.25) is 5.02 Å². The minimum absolute atomic E-state index is 0.377. The summed E-state index contributed by atoms with van der Waals surface area (Å²) >= 11 is 5.93. The van der Waals surface area contributed by atoms with Crippen molar-refractivity contribution in [3.8, 4) is 0 Å². The number of halogens is 1. The van der Waals surface area contributed by atoms with Crippen molar-refractivity contribution in [2.45, 2.75) is 27.7 Å². The summed E-state index contributed by atoms with van der Waals surface area (Å²) in [5.74, 6) is -0.778. The smallest absolute Gasteiger partial charge is 0.239 e. The molecule has 6 heteroatoms. The van der Waals surface area contributed by atoms with Crippen LogP contribution in [0.1, 0.15) is 27.7 Å². The maximum absolute atomic E-state index is 12.7. The van der Waals surface area contributed by atoms with E-state index in [2.05, 4.69) is 29.4 Å². The van der Waals surface area contributed by atoms with Gasteiger partial charge in [0.1, 0.15) is 5.41 Å². The lowest BCUT2D eigenvalue weighted by Gasteiger charge is -2.24. The molecule has 0 saturated carbocycles. The zero-order valence-electron chi connectivity index (χ0n) is 16.2. The standard InChI is InChI=1S/C21H26ClN3O2/c1-5-25(6-2)18-12-10-16(11-13-18)23-19(26)21(3,4)20(27)24-17-9-7-8-15(22)14-17/h7-14H,5-6H2,1-4H3,(H,23,26)(H,24,27). The first-order chi connectivity index (χ1) is 12.8. The van der Waals surface area contributed by atoms with E-state index >= 15 is 0 Å². The molecule has 27 heavy (non-hydrogen) atoms. The van der Waals surface area contributed by atoms with Gasteiger partial charge in [0.05, 0.1) is 0 Å². The third-order valence-corrected chi connectivity index (χ3v) is 4.71. The molecule has 0 bridgehead atoms. The summed E-state index contributed by atoms with van der Waals surface area (Å²) in [5, 5.41) is 6.07. The molecule has 0 unspecified atom stereocenters. The normalized spacial score (nSPS) is 11.0. The van der Waals surface area contributed by atoms with E-state index in [9.17, 15) is 9.59 Å². The fraction of sp³-hybridized carbons (Fsp3) is 0.333. The first-order valence-electron chi connectivity index (χ1n) is 9.01. The molecule has 5 nitrogen and oxygen atoms in total. The number of carbonyl (C=O) groups excluding carboxylic acids is 2. The lowest BCUT2D eigenvalue weighted by Crippen LogP contribution is -2.41. The van der Waals surface area contributed by atoms with Gasteiger partial charge < -0.3 is 15.5 Å². The van der Waals surface area contributed by atoms with Crippen LogP contribution in [0.15, 0.2) is 48.5 Å². The van der Waals surface area contributed by atoms with Crippen molar-refractivity contribution in [1.82, 2.24) is 0 Å². The molecule has 0 radical (unpaired) electrons. The van der Waals surface area contributed by atoms with Crippen LogP contribution >= 0.6 is 11.6 Å². The molecule has 2 rings (SSSR count). The SMILES string of the molecule is CCN(CC)c1ccc(NC(=O)C(C)(C)C(=O)Nc2cccc(Cl)c2)cc1. The summed E-state index contributed by atoms with van der Waals surface area (Å²) in [7, 11) is 0. The Labute approximate surface area is 165 Å². The zero-order chi connectivity index (χ0) is 20.0. The zero-order valence-corrected chi connectivity index (χ0v) is 16.9. The van der Waals surface area contributed by atoms with E-state index in [1.54, 1.807) is 38.1 Å². The van der Waals surface area contributed by atoms with Gasteiger partial charge in [-0.2, -0.15) is 0 Å². The van der Waals surface area contributed by atoms with E-state index in [4.69, 9.17) is 11.6 Å². The quantitative estimate of drug-likeness (QED) is 0.671. The number of carbonyl (C=O) groups is 2. The maximum Gasteiger partial charge on any atom is 0.239 e. The molecule has 0 atom stereocenters. The van der Waals surface area contributed by atoms with Crippen LogP contribution in [0, 0.1) is 5.41 Å². The van der Waals surface area contributed by atoms with E-state index in [0.717, 1.165) is 18.8 Å². The first-order valence-corrected chi connectivity index (χ1v) is 9.39. The minimum Gasteiger partial charge on any atom is -0.372 e. The molecule has 0 saturated heterocycles. The van der Waals surface area contributed by atoms with Crippen LogP contribution in [0.4, 0.5) is 17.1 Å². The van der Waals surface area contributed by atoms with Crippen LogP contribution in [0.5, 0.6) is 0 Å². The Bertz CT molecular complexity index is 799. The fourth-order valence-corrected chi connectivity index (χ4v) is 2.78. The van der Waals surface area contributed by atoms with E-state index < -0.39 is 11.3 Å². The Kier molecular flexibility index (Phi) is 6.86. The molecule has 2 amide bonds. The molecule has 2 aromatic rings. The lowest BCUT2D eigenvalue weighted by molar-refractivity contribution is -0.135. The number of hydrogen-bond acceptors (Lipinski definition) is 3. The molecule has 0 aromatic heterocycles.